The third-order valence-corrected chi connectivity index (χ3v) is 2.33. The molecule has 1 amide bonds. The average Bonchev–Trinajstić information content (AvgIpc) is 2.23. The van der Waals surface area contributed by atoms with Crippen LogP contribution in [0.15, 0.2) is 12.1 Å². The molecule has 5 nitrogen and oxygen atoms in total. The van der Waals surface area contributed by atoms with Gasteiger partial charge < -0.3 is 16.2 Å². The molecule has 0 saturated carbocycles. The van der Waals surface area contributed by atoms with E-state index >= 15 is 0 Å². The van der Waals surface area contributed by atoms with Crippen molar-refractivity contribution >= 4 is 11.7 Å². The van der Waals surface area contributed by atoms with Crippen LogP contribution in [0.3, 0.4) is 0 Å². The summed E-state index contributed by atoms with van der Waals surface area (Å²) in [6.07, 6.45) is 1.92. The van der Waals surface area contributed by atoms with Gasteiger partial charge in [0.2, 0.25) is 5.91 Å². The summed E-state index contributed by atoms with van der Waals surface area (Å²) in [4.78, 5) is 15.6. The molecule has 0 spiro atoms. The predicted octanol–water partition coefficient (Wildman–Crippen LogP) is 1.55. The third kappa shape index (κ3) is 4.82. The van der Waals surface area contributed by atoms with Gasteiger partial charge in [0.25, 0.3) is 0 Å². The lowest BCUT2D eigenvalue weighted by atomic mass is 10.1. The molecule has 0 bridgehead atoms. The first kappa shape index (κ1) is 13.4. The van der Waals surface area contributed by atoms with Gasteiger partial charge in [0, 0.05) is 18.2 Å². The first-order valence-electron chi connectivity index (χ1n) is 5.71. The molecule has 5 heteroatoms. The zero-order chi connectivity index (χ0) is 12.8. The molecule has 1 atom stereocenters. The molecule has 0 radical (unpaired) electrons. The molecule has 0 fully saturated rings. The van der Waals surface area contributed by atoms with Gasteiger partial charge in [0.05, 0.1) is 0 Å². The summed E-state index contributed by atoms with van der Waals surface area (Å²) in [6, 6.07) is 3.30. The van der Waals surface area contributed by atoms with Crippen molar-refractivity contribution in [2.24, 2.45) is 5.73 Å². The topological polar surface area (TPSA) is 88.2 Å². The van der Waals surface area contributed by atoms with Crippen LogP contribution >= 0.6 is 0 Å². The summed E-state index contributed by atoms with van der Waals surface area (Å²) in [5, 5.41) is 12.1. The summed E-state index contributed by atoms with van der Waals surface area (Å²) in [6.45, 7) is 3.71. The van der Waals surface area contributed by atoms with Crippen molar-refractivity contribution in [2.75, 3.05) is 5.32 Å². The molecule has 1 rings (SSSR count). The van der Waals surface area contributed by atoms with Crippen LogP contribution in [0.5, 0.6) is 5.75 Å². The van der Waals surface area contributed by atoms with Gasteiger partial charge in [0.15, 0.2) is 11.6 Å². The van der Waals surface area contributed by atoms with Gasteiger partial charge in [-0.1, -0.05) is 0 Å². The van der Waals surface area contributed by atoms with Crippen molar-refractivity contribution < 1.29 is 9.90 Å². The highest BCUT2D eigenvalue weighted by atomic mass is 16.3. The summed E-state index contributed by atoms with van der Waals surface area (Å²) in [5.74, 6) is 0.0472. The molecule has 1 aromatic rings. The summed E-state index contributed by atoms with van der Waals surface area (Å²) in [5.41, 5.74) is 6.34. The van der Waals surface area contributed by atoms with Crippen LogP contribution < -0.4 is 11.1 Å². The number of nitrogens with two attached hydrogens (primary N) is 1. The number of aromatic nitrogens is 1. The minimum absolute atomic E-state index is 0.0175. The quantitative estimate of drug-likeness (QED) is 0.725. The molecule has 1 aromatic heterocycles. The highest BCUT2D eigenvalue weighted by molar-refractivity contribution is 5.90. The lowest BCUT2D eigenvalue weighted by molar-refractivity contribution is -0.116. The number of hydrogen-bond acceptors (Lipinski definition) is 4. The Morgan fingerprint density at radius 3 is 2.94 bits per heavy atom. The number of nitrogens with zero attached hydrogens (tertiary/aromatic N) is 1. The van der Waals surface area contributed by atoms with Gasteiger partial charge in [-0.25, -0.2) is 4.98 Å². The fraction of sp³-hybridized carbons (Fsp3) is 0.500. The van der Waals surface area contributed by atoms with E-state index in [-0.39, 0.29) is 23.5 Å². The Balaban J connectivity index is 2.47. The van der Waals surface area contributed by atoms with Crippen molar-refractivity contribution in [3.05, 3.63) is 17.8 Å². The molecule has 0 aromatic carbocycles. The Bertz CT molecular complexity index is 391. The van der Waals surface area contributed by atoms with E-state index in [9.17, 15) is 9.90 Å². The lowest BCUT2D eigenvalue weighted by Crippen LogP contribution is -2.17. The van der Waals surface area contributed by atoms with E-state index in [4.69, 9.17) is 5.73 Å². The second kappa shape index (κ2) is 6.20. The maximum absolute atomic E-state index is 11.6. The van der Waals surface area contributed by atoms with Crippen LogP contribution in [-0.2, 0) is 4.79 Å². The van der Waals surface area contributed by atoms with Gasteiger partial charge in [-0.15, -0.1) is 0 Å². The molecule has 0 aliphatic carbocycles. The number of aromatic hydroxyl groups is 1. The Hall–Kier alpha value is -1.62. The molecule has 17 heavy (non-hydrogen) atoms. The van der Waals surface area contributed by atoms with Crippen LogP contribution in [0.2, 0.25) is 0 Å². The first-order valence-corrected chi connectivity index (χ1v) is 5.71. The third-order valence-electron chi connectivity index (χ3n) is 2.33. The van der Waals surface area contributed by atoms with Crippen LogP contribution in [0.1, 0.15) is 31.9 Å². The van der Waals surface area contributed by atoms with E-state index in [1.807, 2.05) is 6.92 Å². The Kier molecular flexibility index (Phi) is 4.90. The Labute approximate surface area is 101 Å². The SMILES string of the molecule is Cc1ccc(O)c(NC(=O)CCCC(C)N)n1. The number of amides is 1. The normalized spacial score (nSPS) is 12.2. The Morgan fingerprint density at radius 1 is 1.59 bits per heavy atom. The average molecular weight is 237 g/mol. The van der Waals surface area contributed by atoms with Gasteiger partial charge in [0.1, 0.15) is 0 Å². The molecular formula is C12H19N3O2. The highest BCUT2D eigenvalue weighted by Gasteiger charge is 2.08. The van der Waals surface area contributed by atoms with E-state index in [0.717, 1.165) is 18.5 Å². The molecule has 0 saturated heterocycles. The lowest BCUT2D eigenvalue weighted by Gasteiger charge is -2.08. The second-order valence-corrected chi connectivity index (χ2v) is 4.24. The van der Waals surface area contributed by atoms with Gasteiger partial charge in [-0.2, -0.15) is 0 Å². The monoisotopic (exact) mass is 237 g/mol. The van der Waals surface area contributed by atoms with Gasteiger partial charge in [-0.3, -0.25) is 4.79 Å². The predicted molar refractivity (Wildman–Crippen MR) is 66.8 cm³/mol. The van der Waals surface area contributed by atoms with E-state index in [1.54, 1.807) is 13.0 Å². The number of pyridine rings is 1. The zero-order valence-corrected chi connectivity index (χ0v) is 10.2. The number of anilines is 1. The van der Waals surface area contributed by atoms with Crippen LogP contribution in [0, 0.1) is 6.92 Å². The molecule has 4 N–H and O–H groups in total. The number of carbonyl (C=O) groups excluding carboxylic acids is 1. The van der Waals surface area contributed by atoms with Crippen molar-refractivity contribution in [2.45, 2.75) is 39.2 Å². The number of rotatable bonds is 5. The maximum atomic E-state index is 11.6. The molecule has 94 valence electrons. The number of hydrogen-bond donors (Lipinski definition) is 3. The fourth-order valence-corrected chi connectivity index (χ4v) is 1.42. The fourth-order valence-electron chi connectivity index (χ4n) is 1.42. The summed E-state index contributed by atoms with van der Waals surface area (Å²) >= 11 is 0. The van der Waals surface area contributed by atoms with E-state index in [0.29, 0.717) is 6.42 Å². The smallest absolute Gasteiger partial charge is 0.225 e. The van der Waals surface area contributed by atoms with Crippen molar-refractivity contribution in [3.8, 4) is 5.75 Å². The van der Waals surface area contributed by atoms with Gasteiger partial charge in [-0.05, 0) is 38.8 Å². The van der Waals surface area contributed by atoms with Crippen LogP contribution in [-0.4, -0.2) is 22.0 Å². The molecular weight excluding hydrogens is 218 g/mol. The minimum atomic E-state index is -0.154. The summed E-state index contributed by atoms with van der Waals surface area (Å²) < 4.78 is 0. The zero-order valence-electron chi connectivity index (χ0n) is 10.2. The standard InChI is InChI=1S/C12H19N3O2/c1-8(13)4-3-5-11(17)15-12-10(16)7-6-9(2)14-12/h6-8,16H,3-5,13H2,1-2H3,(H,14,15,17). The summed E-state index contributed by atoms with van der Waals surface area (Å²) in [7, 11) is 0. The Morgan fingerprint density at radius 2 is 2.29 bits per heavy atom. The number of nitrogens with one attached hydrogen (secondary N) is 1. The maximum Gasteiger partial charge on any atom is 0.225 e. The molecule has 1 unspecified atom stereocenters. The largest absolute Gasteiger partial charge is 0.504 e. The first-order chi connectivity index (χ1) is 7.99. The van der Waals surface area contributed by atoms with E-state index < -0.39 is 0 Å². The molecule has 1 heterocycles. The van der Waals surface area contributed by atoms with Crippen LogP contribution in [0.25, 0.3) is 0 Å². The number of aryl methyl sites for hydroxylation is 1. The van der Waals surface area contributed by atoms with Gasteiger partial charge >= 0.3 is 0 Å². The van der Waals surface area contributed by atoms with Crippen molar-refractivity contribution in [1.29, 1.82) is 0 Å². The number of carbonyl (C=O) groups is 1. The minimum Gasteiger partial charge on any atom is -0.504 e. The van der Waals surface area contributed by atoms with E-state index in [1.165, 1.54) is 6.07 Å². The highest BCUT2D eigenvalue weighted by Crippen LogP contribution is 2.20. The second-order valence-electron chi connectivity index (χ2n) is 4.24. The van der Waals surface area contributed by atoms with Crippen molar-refractivity contribution in [3.63, 3.8) is 0 Å². The van der Waals surface area contributed by atoms with E-state index in [2.05, 4.69) is 10.3 Å². The van der Waals surface area contributed by atoms with Crippen LogP contribution in [0.4, 0.5) is 5.82 Å². The van der Waals surface area contributed by atoms with Crippen molar-refractivity contribution in [1.82, 2.24) is 4.98 Å². The molecule has 0 aliphatic heterocycles. The molecule has 0 aliphatic rings.